The molecule has 5 nitrogen and oxygen atoms in total. The van der Waals surface area contributed by atoms with Gasteiger partial charge in [0.05, 0.1) is 6.42 Å². The quantitative estimate of drug-likeness (QED) is 0.874. The third-order valence-electron chi connectivity index (χ3n) is 4.88. The van der Waals surface area contributed by atoms with Gasteiger partial charge >= 0.3 is 0 Å². The van der Waals surface area contributed by atoms with Crippen LogP contribution in [0.1, 0.15) is 18.4 Å². The molecular weight excluding hydrogens is 264 g/mol. The third-order valence-corrected chi connectivity index (χ3v) is 4.88. The topological polar surface area (TPSA) is 61.0 Å². The Hall–Kier alpha value is -1.88. The number of nitrogens with one attached hydrogen (secondary N) is 2. The summed E-state index contributed by atoms with van der Waals surface area (Å²) in [5.41, 5.74) is 1.91. The highest BCUT2D eigenvalue weighted by molar-refractivity contribution is 5.87. The van der Waals surface area contributed by atoms with Gasteiger partial charge in [0.25, 0.3) is 0 Å². The van der Waals surface area contributed by atoms with Crippen LogP contribution < -0.4 is 5.32 Å². The molecule has 4 rings (SSSR count). The van der Waals surface area contributed by atoms with Gasteiger partial charge in [0.2, 0.25) is 5.91 Å². The number of carbonyl (C=O) groups is 1. The monoisotopic (exact) mass is 284 g/mol. The summed E-state index contributed by atoms with van der Waals surface area (Å²) in [5.74, 6) is 0.894. The van der Waals surface area contributed by atoms with E-state index in [2.05, 4.69) is 20.2 Å². The first-order valence-corrected chi connectivity index (χ1v) is 7.74. The maximum Gasteiger partial charge on any atom is 0.227 e. The highest BCUT2D eigenvalue weighted by Gasteiger charge is 2.37. The summed E-state index contributed by atoms with van der Waals surface area (Å²) in [5, 5.41) is 4.49. The average Bonchev–Trinajstić information content (AvgIpc) is 3.14. The van der Waals surface area contributed by atoms with E-state index < -0.39 is 0 Å². The second-order valence-electron chi connectivity index (χ2n) is 6.11. The minimum Gasteiger partial charge on any atom is -0.346 e. The lowest BCUT2D eigenvalue weighted by atomic mass is 9.91. The van der Waals surface area contributed by atoms with Crippen molar-refractivity contribution in [3.63, 3.8) is 0 Å². The van der Waals surface area contributed by atoms with E-state index in [9.17, 15) is 4.79 Å². The SMILES string of the molecule is O=C(Cc1c[nH]c2ncccc12)N1CCC[C@H]2CNC[C@H]21. The largest absolute Gasteiger partial charge is 0.346 e. The van der Waals surface area contributed by atoms with Crippen LogP contribution in [-0.2, 0) is 11.2 Å². The number of likely N-dealkylation sites (tertiary alicyclic amines) is 1. The highest BCUT2D eigenvalue weighted by atomic mass is 16.2. The van der Waals surface area contributed by atoms with Crippen LogP contribution in [0.3, 0.4) is 0 Å². The zero-order valence-electron chi connectivity index (χ0n) is 12.0. The van der Waals surface area contributed by atoms with Crippen LogP contribution in [0.4, 0.5) is 0 Å². The van der Waals surface area contributed by atoms with E-state index in [1.807, 2.05) is 18.3 Å². The first-order chi connectivity index (χ1) is 10.3. The zero-order valence-corrected chi connectivity index (χ0v) is 12.0. The molecule has 1 amide bonds. The fourth-order valence-electron chi connectivity index (χ4n) is 3.80. The molecule has 0 unspecified atom stereocenters. The maximum atomic E-state index is 12.7. The van der Waals surface area contributed by atoms with Gasteiger partial charge in [-0.2, -0.15) is 0 Å². The van der Waals surface area contributed by atoms with Gasteiger partial charge in [0.15, 0.2) is 0 Å². The molecule has 2 fully saturated rings. The van der Waals surface area contributed by atoms with Crippen LogP contribution in [0.5, 0.6) is 0 Å². The van der Waals surface area contributed by atoms with Crippen molar-refractivity contribution < 1.29 is 4.79 Å². The Labute approximate surface area is 123 Å². The summed E-state index contributed by atoms with van der Waals surface area (Å²) in [6.07, 6.45) is 6.53. The molecular formula is C16H20N4O. The lowest BCUT2D eigenvalue weighted by molar-refractivity contribution is -0.134. The van der Waals surface area contributed by atoms with E-state index >= 15 is 0 Å². The number of hydrogen-bond donors (Lipinski definition) is 2. The van der Waals surface area contributed by atoms with E-state index in [0.29, 0.717) is 18.4 Å². The standard InChI is InChI=1S/C16H20N4O/c21-15(20-6-2-3-11-8-17-10-14(11)20)7-12-9-19-16-13(12)4-1-5-18-16/h1,4-5,9,11,14,17H,2-3,6-8,10H2,(H,18,19)/t11-,14+/m0/s1. The molecule has 2 aliphatic rings. The number of aromatic amines is 1. The molecule has 2 aliphatic heterocycles. The zero-order chi connectivity index (χ0) is 14.2. The summed E-state index contributed by atoms with van der Waals surface area (Å²) in [4.78, 5) is 22.2. The number of H-pyrrole nitrogens is 1. The van der Waals surface area contributed by atoms with Gasteiger partial charge in [-0.1, -0.05) is 0 Å². The van der Waals surface area contributed by atoms with Gasteiger partial charge in [-0.3, -0.25) is 4.79 Å². The molecule has 0 radical (unpaired) electrons. The lowest BCUT2D eigenvalue weighted by Gasteiger charge is -2.37. The van der Waals surface area contributed by atoms with Crippen molar-refractivity contribution in [2.24, 2.45) is 5.92 Å². The van der Waals surface area contributed by atoms with Gasteiger partial charge < -0.3 is 15.2 Å². The van der Waals surface area contributed by atoms with Crippen LogP contribution >= 0.6 is 0 Å². The van der Waals surface area contributed by atoms with E-state index in [1.54, 1.807) is 6.20 Å². The van der Waals surface area contributed by atoms with Gasteiger partial charge in [0.1, 0.15) is 5.65 Å². The molecule has 2 saturated heterocycles. The van der Waals surface area contributed by atoms with Crippen LogP contribution in [0.15, 0.2) is 24.5 Å². The molecule has 21 heavy (non-hydrogen) atoms. The number of pyridine rings is 1. The Morgan fingerprint density at radius 1 is 1.43 bits per heavy atom. The molecule has 2 aromatic heterocycles. The molecule has 0 aromatic carbocycles. The Morgan fingerprint density at radius 3 is 3.33 bits per heavy atom. The lowest BCUT2D eigenvalue weighted by Crippen LogP contribution is -2.48. The number of nitrogens with zero attached hydrogens (tertiary/aromatic N) is 2. The van der Waals surface area contributed by atoms with Crippen molar-refractivity contribution in [2.75, 3.05) is 19.6 Å². The third kappa shape index (κ3) is 2.21. The van der Waals surface area contributed by atoms with E-state index in [0.717, 1.165) is 42.7 Å². The van der Waals surface area contributed by atoms with Gasteiger partial charge in [0, 0.05) is 43.5 Å². The summed E-state index contributed by atoms with van der Waals surface area (Å²) < 4.78 is 0. The van der Waals surface area contributed by atoms with Crippen molar-refractivity contribution >= 4 is 16.9 Å². The second-order valence-corrected chi connectivity index (χ2v) is 6.11. The minimum atomic E-state index is 0.248. The molecule has 0 aliphatic carbocycles. The molecule has 110 valence electrons. The molecule has 2 aromatic rings. The van der Waals surface area contributed by atoms with Crippen LogP contribution in [0.2, 0.25) is 0 Å². The minimum absolute atomic E-state index is 0.248. The smallest absolute Gasteiger partial charge is 0.227 e. The van der Waals surface area contributed by atoms with Gasteiger partial charge in [-0.15, -0.1) is 0 Å². The van der Waals surface area contributed by atoms with Crippen molar-refractivity contribution in [1.29, 1.82) is 0 Å². The molecule has 2 N–H and O–H groups in total. The van der Waals surface area contributed by atoms with Crippen molar-refractivity contribution in [1.82, 2.24) is 20.2 Å². The summed E-state index contributed by atoms with van der Waals surface area (Å²) in [6, 6.07) is 4.34. The van der Waals surface area contributed by atoms with Crippen LogP contribution in [0.25, 0.3) is 11.0 Å². The first-order valence-electron chi connectivity index (χ1n) is 7.74. The van der Waals surface area contributed by atoms with E-state index in [4.69, 9.17) is 0 Å². The summed E-state index contributed by atoms with van der Waals surface area (Å²) >= 11 is 0. The summed E-state index contributed by atoms with van der Waals surface area (Å²) in [6.45, 7) is 2.92. The van der Waals surface area contributed by atoms with E-state index in [-0.39, 0.29) is 5.91 Å². The molecule has 5 heteroatoms. The molecule has 0 saturated carbocycles. The fraction of sp³-hybridized carbons (Fsp3) is 0.500. The van der Waals surface area contributed by atoms with Crippen LogP contribution in [0, 0.1) is 5.92 Å². The molecule has 2 atom stereocenters. The van der Waals surface area contributed by atoms with E-state index in [1.165, 1.54) is 6.42 Å². The fourth-order valence-corrected chi connectivity index (χ4v) is 3.80. The number of carbonyl (C=O) groups excluding carboxylic acids is 1. The van der Waals surface area contributed by atoms with Crippen molar-refractivity contribution in [2.45, 2.75) is 25.3 Å². The number of fused-ring (bicyclic) bond motifs is 2. The van der Waals surface area contributed by atoms with Crippen LogP contribution in [-0.4, -0.2) is 46.5 Å². The number of rotatable bonds is 2. The molecule has 4 heterocycles. The Balaban J connectivity index is 1.55. The maximum absolute atomic E-state index is 12.7. The van der Waals surface area contributed by atoms with Gasteiger partial charge in [-0.25, -0.2) is 4.98 Å². The molecule has 0 bridgehead atoms. The normalized spacial score (nSPS) is 25.2. The van der Waals surface area contributed by atoms with Crippen molar-refractivity contribution in [3.05, 3.63) is 30.1 Å². The predicted molar refractivity (Wildman–Crippen MR) is 80.9 cm³/mol. The highest BCUT2D eigenvalue weighted by Crippen LogP contribution is 2.27. The summed E-state index contributed by atoms with van der Waals surface area (Å²) in [7, 11) is 0. The number of piperidine rings is 1. The number of aromatic nitrogens is 2. The predicted octanol–water partition coefficient (Wildman–Crippen LogP) is 1.32. The molecule has 0 spiro atoms. The van der Waals surface area contributed by atoms with Gasteiger partial charge in [-0.05, 0) is 36.5 Å². The first kappa shape index (κ1) is 12.8. The number of amides is 1. The Bertz CT molecular complexity index is 665. The van der Waals surface area contributed by atoms with Crippen molar-refractivity contribution in [3.8, 4) is 0 Å². The Kier molecular flexibility index (Phi) is 3.15. The second kappa shape index (κ2) is 5.15. The Morgan fingerprint density at radius 2 is 2.38 bits per heavy atom. The average molecular weight is 284 g/mol. The number of hydrogen-bond acceptors (Lipinski definition) is 3.